The molecule has 1 saturated carbocycles. The number of nitrogens with zero attached hydrogens (tertiary/aromatic N) is 4. The lowest BCUT2D eigenvalue weighted by Crippen LogP contribution is -2.48. The number of amides is 1. The van der Waals surface area contributed by atoms with Crippen molar-refractivity contribution >= 4 is 43.0 Å². The highest BCUT2D eigenvalue weighted by molar-refractivity contribution is 7.92. The van der Waals surface area contributed by atoms with Crippen LogP contribution >= 0.6 is 11.6 Å². The molecule has 3 fully saturated rings. The summed E-state index contributed by atoms with van der Waals surface area (Å²) in [4.78, 5) is 15.2. The highest BCUT2D eigenvalue weighted by atomic mass is 35.5. The van der Waals surface area contributed by atoms with E-state index in [4.69, 9.17) is 11.6 Å². The Hall–Kier alpha value is -2.62. The van der Waals surface area contributed by atoms with E-state index < -0.39 is 42.4 Å². The van der Waals surface area contributed by atoms with E-state index >= 15 is 0 Å². The minimum absolute atomic E-state index is 0.0144. The SMILES string of the molecule is Cc1cc(N2CC(S(=O)(=O)c3ccccc3Cl)C[C@H]2C(=O)NC2(C#N)CC2)n(C2CCS(=O)(=O)CC2)n1. The first-order valence-electron chi connectivity index (χ1n) is 12.2. The van der Waals surface area contributed by atoms with Crippen molar-refractivity contribution in [1.82, 2.24) is 15.1 Å². The zero-order chi connectivity index (χ0) is 26.6. The van der Waals surface area contributed by atoms with Gasteiger partial charge in [-0.3, -0.25) is 4.79 Å². The third-order valence-electron chi connectivity index (χ3n) is 7.48. The Morgan fingerprint density at radius 2 is 1.92 bits per heavy atom. The maximum Gasteiger partial charge on any atom is 0.244 e. The van der Waals surface area contributed by atoms with Crippen molar-refractivity contribution in [3.8, 4) is 6.07 Å². The first-order valence-corrected chi connectivity index (χ1v) is 15.9. The first kappa shape index (κ1) is 26.0. The molecule has 1 N–H and O–H groups in total. The van der Waals surface area contributed by atoms with Gasteiger partial charge in [0.25, 0.3) is 0 Å². The largest absolute Gasteiger partial charge is 0.343 e. The smallest absolute Gasteiger partial charge is 0.244 e. The second-order valence-corrected chi connectivity index (χ2v) is 15.1. The van der Waals surface area contributed by atoms with Gasteiger partial charge in [-0.05, 0) is 51.2 Å². The number of hydrogen-bond donors (Lipinski definition) is 1. The second kappa shape index (κ2) is 9.29. The lowest BCUT2D eigenvalue weighted by atomic mass is 10.1. The number of aryl methyl sites for hydroxylation is 1. The van der Waals surface area contributed by atoms with Crippen molar-refractivity contribution in [2.24, 2.45) is 0 Å². The summed E-state index contributed by atoms with van der Waals surface area (Å²) in [5, 5.41) is 16.1. The summed E-state index contributed by atoms with van der Waals surface area (Å²) in [6, 6.07) is 9.14. The van der Waals surface area contributed by atoms with Crippen LogP contribution in [0.5, 0.6) is 0 Å². The maximum atomic E-state index is 13.6. The summed E-state index contributed by atoms with van der Waals surface area (Å²) in [7, 11) is -6.98. The Morgan fingerprint density at radius 1 is 1.24 bits per heavy atom. The highest BCUT2D eigenvalue weighted by Crippen LogP contribution is 2.39. The van der Waals surface area contributed by atoms with Gasteiger partial charge in [0, 0.05) is 12.6 Å². The van der Waals surface area contributed by atoms with E-state index in [1.165, 1.54) is 12.1 Å². The standard InChI is InChI=1S/C24H28ClN5O5S2/c1-16-12-22(30(28-16)17-6-10-36(32,33)11-7-17)29-14-18(37(34,35)21-5-3-2-4-19(21)25)13-20(29)23(31)27-24(15-26)8-9-24/h2-5,12,17-18,20H,6-11,13-14H2,1H3,(H,27,31)/t18?,20-/m0/s1. The van der Waals surface area contributed by atoms with Gasteiger partial charge in [-0.25, -0.2) is 21.5 Å². The molecule has 3 heterocycles. The number of hydrogen-bond acceptors (Lipinski definition) is 8. The van der Waals surface area contributed by atoms with E-state index in [9.17, 15) is 26.9 Å². The summed E-state index contributed by atoms with van der Waals surface area (Å²) < 4.78 is 53.0. The van der Waals surface area contributed by atoms with Crippen LogP contribution in [0.1, 0.15) is 43.8 Å². The van der Waals surface area contributed by atoms with Gasteiger partial charge in [-0.15, -0.1) is 0 Å². The van der Waals surface area contributed by atoms with Crippen LogP contribution in [0.3, 0.4) is 0 Å². The Labute approximate surface area is 221 Å². The van der Waals surface area contributed by atoms with Crippen LogP contribution in [0.15, 0.2) is 35.2 Å². The minimum Gasteiger partial charge on any atom is -0.343 e. The van der Waals surface area contributed by atoms with Gasteiger partial charge < -0.3 is 10.2 Å². The molecule has 1 aromatic carbocycles. The number of anilines is 1. The fourth-order valence-electron chi connectivity index (χ4n) is 5.20. The van der Waals surface area contributed by atoms with Crippen LogP contribution in [-0.2, 0) is 24.5 Å². The van der Waals surface area contributed by atoms with E-state index in [0.29, 0.717) is 37.2 Å². The molecule has 1 aliphatic carbocycles. The van der Waals surface area contributed by atoms with E-state index in [-0.39, 0.29) is 40.4 Å². The van der Waals surface area contributed by atoms with Crippen LogP contribution in [0.25, 0.3) is 0 Å². The molecular weight excluding hydrogens is 538 g/mol. The van der Waals surface area contributed by atoms with E-state index in [1.54, 1.807) is 34.7 Å². The summed E-state index contributed by atoms with van der Waals surface area (Å²) in [6.45, 7) is 1.83. The molecule has 13 heteroatoms. The van der Waals surface area contributed by atoms with Crippen LogP contribution < -0.4 is 10.2 Å². The predicted molar refractivity (Wildman–Crippen MR) is 138 cm³/mol. The quantitative estimate of drug-likeness (QED) is 0.561. The predicted octanol–water partition coefficient (Wildman–Crippen LogP) is 2.19. The van der Waals surface area contributed by atoms with Crippen molar-refractivity contribution in [2.75, 3.05) is 23.0 Å². The van der Waals surface area contributed by atoms with Crippen molar-refractivity contribution in [2.45, 2.75) is 66.8 Å². The van der Waals surface area contributed by atoms with Crippen LogP contribution in [-0.4, -0.2) is 67.4 Å². The fraction of sp³-hybridized carbons (Fsp3) is 0.542. The summed E-state index contributed by atoms with van der Waals surface area (Å²) in [5.41, 5.74) is -0.230. The molecule has 0 spiro atoms. The Morgan fingerprint density at radius 3 is 2.54 bits per heavy atom. The minimum atomic E-state index is -3.88. The lowest BCUT2D eigenvalue weighted by molar-refractivity contribution is -0.122. The van der Waals surface area contributed by atoms with Gasteiger partial charge in [-0.2, -0.15) is 10.4 Å². The molecule has 2 saturated heterocycles. The molecule has 2 atom stereocenters. The van der Waals surface area contributed by atoms with Gasteiger partial charge in [0.1, 0.15) is 27.2 Å². The van der Waals surface area contributed by atoms with Crippen LogP contribution in [0, 0.1) is 18.3 Å². The van der Waals surface area contributed by atoms with Crippen LogP contribution in [0.4, 0.5) is 5.82 Å². The molecule has 1 unspecified atom stereocenters. The van der Waals surface area contributed by atoms with Crippen molar-refractivity contribution in [3.05, 3.63) is 41.0 Å². The van der Waals surface area contributed by atoms with Gasteiger partial charge >= 0.3 is 0 Å². The number of nitriles is 1. The molecule has 10 nitrogen and oxygen atoms in total. The number of halogens is 1. The molecule has 198 valence electrons. The molecule has 0 bridgehead atoms. The molecule has 1 amide bonds. The molecule has 37 heavy (non-hydrogen) atoms. The third kappa shape index (κ3) is 4.96. The van der Waals surface area contributed by atoms with Gasteiger partial charge in [0.2, 0.25) is 5.91 Å². The molecule has 0 radical (unpaired) electrons. The highest BCUT2D eigenvalue weighted by Gasteiger charge is 2.50. The molecule has 5 rings (SSSR count). The molecule has 3 aliphatic rings. The van der Waals surface area contributed by atoms with Gasteiger partial charge in [0.05, 0.1) is 44.5 Å². The third-order valence-corrected chi connectivity index (χ3v) is 11.8. The molecule has 1 aromatic heterocycles. The number of carbonyl (C=O) groups excluding carboxylic acids is 1. The average molecular weight is 566 g/mol. The summed E-state index contributed by atoms with van der Waals surface area (Å²) >= 11 is 6.24. The zero-order valence-corrected chi connectivity index (χ0v) is 22.7. The second-order valence-electron chi connectivity index (χ2n) is 10.2. The Balaban J connectivity index is 1.51. The Kier molecular flexibility index (Phi) is 6.53. The number of benzene rings is 1. The fourth-order valence-corrected chi connectivity index (χ4v) is 8.88. The zero-order valence-electron chi connectivity index (χ0n) is 20.3. The normalized spacial score (nSPS) is 24.9. The van der Waals surface area contributed by atoms with Crippen molar-refractivity contribution in [3.63, 3.8) is 0 Å². The number of nitrogens with one attached hydrogen (secondary N) is 1. The van der Waals surface area contributed by atoms with E-state index in [1.807, 2.05) is 0 Å². The number of sulfone groups is 2. The lowest BCUT2D eigenvalue weighted by Gasteiger charge is -2.30. The van der Waals surface area contributed by atoms with E-state index in [0.717, 1.165) is 0 Å². The molecule has 2 aliphatic heterocycles. The Bertz CT molecular complexity index is 1480. The molecular formula is C24H28ClN5O5S2. The monoisotopic (exact) mass is 565 g/mol. The average Bonchev–Trinajstić information content (AvgIpc) is 3.29. The number of aromatic nitrogens is 2. The maximum absolute atomic E-state index is 13.6. The number of carbonyl (C=O) groups is 1. The number of rotatable bonds is 6. The summed E-state index contributed by atoms with van der Waals surface area (Å²) in [6.07, 6.45) is 1.90. The van der Waals surface area contributed by atoms with Crippen molar-refractivity contribution < 1.29 is 21.6 Å². The summed E-state index contributed by atoms with van der Waals surface area (Å²) in [5.74, 6) is 0.260. The van der Waals surface area contributed by atoms with Gasteiger partial charge in [-0.1, -0.05) is 23.7 Å². The topological polar surface area (TPSA) is 142 Å². The van der Waals surface area contributed by atoms with E-state index in [2.05, 4.69) is 16.5 Å². The first-order chi connectivity index (χ1) is 17.4. The van der Waals surface area contributed by atoms with Crippen molar-refractivity contribution in [1.29, 1.82) is 5.26 Å². The van der Waals surface area contributed by atoms with Gasteiger partial charge in [0.15, 0.2) is 9.84 Å². The van der Waals surface area contributed by atoms with Crippen LogP contribution in [0.2, 0.25) is 5.02 Å². The molecule has 2 aromatic rings.